The summed E-state index contributed by atoms with van der Waals surface area (Å²) in [5.41, 5.74) is 2.60. The zero-order chi connectivity index (χ0) is 14.8. The number of fused-ring (bicyclic) bond motifs is 1. The van der Waals surface area contributed by atoms with Crippen molar-refractivity contribution in [3.05, 3.63) is 58.1 Å². The van der Waals surface area contributed by atoms with Crippen LogP contribution in [0.4, 0.5) is 5.69 Å². The molecule has 4 nitrogen and oxygen atoms in total. The van der Waals surface area contributed by atoms with E-state index in [1.54, 1.807) is 18.2 Å². The van der Waals surface area contributed by atoms with Crippen molar-refractivity contribution in [2.24, 2.45) is 0 Å². The van der Waals surface area contributed by atoms with Gasteiger partial charge in [-0.05, 0) is 29.3 Å². The third-order valence-electron chi connectivity index (χ3n) is 3.63. The van der Waals surface area contributed by atoms with Crippen LogP contribution in [-0.2, 0) is 11.3 Å². The smallest absolute Gasteiger partial charge is 0.233 e. The van der Waals surface area contributed by atoms with Gasteiger partial charge in [0.1, 0.15) is 5.75 Å². The molecule has 0 bridgehead atoms. The molecular formula is C16H15BrN2O2. The number of phenolic OH excluding ortho intramolecular Hbond substituents is 1. The number of rotatable bonds is 2. The minimum absolute atomic E-state index is 0.0589. The van der Waals surface area contributed by atoms with Crippen LogP contribution in [0.5, 0.6) is 5.75 Å². The zero-order valence-electron chi connectivity index (χ0n) is 11.3. The van der Waals surface area contributed by atoms with Gasteiger partial charge >= 0.3 is 0 Å². The molecule has 0 aromatic heterocycles. The van der Waals surface area contributed by atoms with Crippen LogP contribution >= 0.6 is 15.9 Å². The molecule has 2 aromatic carbocycles. The van der Waals surface area contributed by atoms with Gasteiger partial charge in [0.25, 0.3) is 0 Å². The fraction of sp³-hybridized carbons (Fsp3) is 0.188. The number of hydrogen-bond donors (Lipinski definition) is 3. The van der Waals surface area contributed by atoms with Gasteiger partial charge in [-0.2, -0.15) is 0 Å². The highest BCUT2D eigenvalue weighted by Gasteiger charge is 2.26. The summed E-state index contributed by atoms with van der Waals surface area (Å²) in [6.07, 6.45) is 0. The lowest BCUT2D eigenvalue weighted by molar-refractivity contribution is -0.117. The lowest BCUT2D eigenvalue weighted by atomic mass is 9.90. The monoisotopic (exact) mass is 346 g/mol. The number of carbonyl (C=O) groups excluding carboxylic acids is 1. The molecule has 2 aromatic rings. The SMILES string of the molecule is O=C(Nc1cc(Br)ccc1O)C1CNCc2ccccc21. The van der Waals surface area contributed by atoms with Crippen molar-refractivity contribution in [3.8, 4) is 5.75 Å². The predicted molar refractivity (Wildman–Crippen MR) is 85.3 cm³/mol. The lowest BCUT2D eigenvalue weighted by Crippen LogP contribution is -2.35. The molecule has 108 valence electrons. The number of amides is 1. The number of nitrogens with one attached hydrogen (secondary N) is 2. The minimum atomic E-state index is -0.256. The average molecular weight is 347 g/mol. The molecule has 0 spiro atoms. The van der Waals surface area contributed by atoms with Gasteiger partial charge in [0, 0.05) is 17.6 Å². The van der Waals surface area contributed by atoms with E-state index in [9.17, 15) is 9.90 Å². The number of phenols is 1. The Balaban J connectivity index is 1.85. The summed E-state index contributed by atoms with van der Waals surface area (Å²) in [5.74, 6) is -0.319. The summed E-state index contributed by atoms with van der Waals surface area (Å²) in [5, 5.41) is 15.9. The van der Waals surface area contributed by atoms with Crippen molar-refractivity contribution in [3.63, 3.8) is 0 Å². The molecule has 1 heterocycles. The zero-order valence-corrected chi connectivity index (χ0v) is 12.9. The molecule has 3 N–H and O–H groups in total. The Kier molecular flexibility index (Phi) is 3.94. The molecule has 0 aliphatic carbocycles. The van der Waals surface area contributed by atoms with Gasteiger partial charge < -0.3 is 15.7 Å². The van der Waals surface area contributed by atoms with Crippen LogP contribution in [0.2, 0.25) is 0 Å². The Bertz CT molecular complexity index is 688. The summed E-state index contributed by atoms with van der Waals surface area (Å²) in [6.45, 7) is 1.37. The molecule has 21 heavy (non-hydrogen) atoms. The van der Waals surface area contributed by atoms with E-state index < -0.39 is 0 Å². The van der Waals surface area contributed by atoms with Crippen molar-refractivity contribution in [1.82, 2.24) is 5.32 Å². The second kappa shape index (κ2) is 5.87. The Labute approximate surface area is 131 Å². The van der Waals surface area contributed by atoms with Crippen LogP contribution < -0.4 is 10.6 Å². The predicted octanol–water partition coefficient (Wildman–Crippen LogP) is 2.98. The first-order valence-electron chi connectivity index (χ1n) is 6.73. The van der Waals surface area contributed by atoms with Crippen LogP contribution in [0.3, 0.4) is 0 Å². The Morgan fingerprint density at radius 3 is 2.95 bits per heavy atom. The van der Waals surface area contributed by atoms with Gasteiger partial charge in [-0.25, -0.2) is 0 Å². The van der Waals surface area contributed by atoms with E-state index in [1.165, 1.54) is 0 Å². The van der Waals surface area contributed by atoms with Crippen LogP contribution in [0.15, 0.2) is 46.9 Å². The minimum Gasteiger partial charge on any atom is -0.506 e. The first kappa shape index (κ1) is 14.1. The first-order chi connectivity index (χ1) is 10.1. The molecule has 0 saturated carbocycles. The fourth-order valence-electron chi connectivity index (χ4n) is 2.56. The Morgan fingerprint density at radius 1 is 1.29 bits per heavy atom. The van der Waals surface area contributed by atoms with E-state index in [0.717, 1.165) is 22.1 Å². The summed E-state index contributed by atoms with van der Waals surface area (Å²) in [6, 6.07) is 12.9. The third kappa shape index (κ3) is 2.94. The van der Waals surface area contributed by atoms with Crippen LogP contribution in [0.25, 0.3) is 0 Å². The molecule has 1 amide bonds. The van der Waals surface area contributed by atoms with E-state index in [2.05, 4.69) is 26.6 Å². The van der Waals surface area contributed by atoms with Crippen molar-refractivity contribution in [2.75, 3.05) is 11.9 Å². The fourth-order valence-corrected chi connectivity index (χ4v) is 2.92. The summed E-state index contributed by atoms with van der Waals surface area (Å²) < 4.78 is 0.803. The maximum absolute atomic E-state index is 12.5. The van der Waals surface area contributed by atoms with Crippen molar-refractivity contribution in [2.45, 2.75) is 12.5 Å². The number of carbonyl (C=O) groups is 1. The van der Waals surface area contributed by atoms with Crippen molar-refractivity contribution in [1.29, 1.82) is 0 Å². The normalized spacial score (nSPS) is 17.1. The second-order valence-corrected chi connectivity index (χ2v) is 5.95. The Morgan fingerprint density at radius 2 is 2.10 bits per heavy atom. The molecule has 0 saturated heterocycles. The molecular weight excluding hydrogens is 332 g/mol. The van der Waals surface area contributed by atoms with E-state index >= 15 is 0 Å². The molecule has 1 unspecified atom stereocenters. The van der Waals surface area contributed by atoms with Crippen LogP contribution in [0, 0.1) is 0 Å². The molecule has 1 aliphatic heterocycles. The van der Waals surface area contributed by atoms with E-state index in [4.69, 9.17) is 0 Å². The van der Waals surface area contributed by atoms with Crippen molar-refractivity contribution >= 4 is 27.5 Å². The maximum atomic E-state index is 12.5. The molecule has 0 fully saturated rings. The lowest BCUT2D eigenvalue weighted by Gasteiger charge is -2.25. The molecule has 1 atom stereocenters. The molecule has 1 aliphatic rings. The van der Waals surface area contributed by atoms with Crippen LogP contribution in [0.1, 0.15) is 17.0 Å². The van der Waals surface area contributed by atoms with Gasteiger partial charge in [-0.3, -0.25) is 4.79 Å². The number of halogens is 1. The highest BCUT2D eigenvalue weighted by Crippen LogP contribution is 2.30. The largest absolute Gasteiger partial charge is 0.506 e. The van der Waals surface area contributed by atoms with Gasteiger partial charge in [0.15, 0.2) is 0 Å². The number of anilines is 1. The maximum Gasteiger partial charge on any atom is 0.233 e. The van der Waals surface area contributed by atoms with Gasteiger partial charge in [0.05, 0.1) is 11.6 Å². The molecule has 3 rings (SSSR count). The third-order valence-corrected chi connectivity index (χ3v) is 4.12. The molecule has 0 radical (unpaired) electrons. The topological polar surface area (TPSA) is 61.4 Å². The van der Waals surface area contributed by atoms with Crippen molar-refractivity contribution < 1.29 is 9.90 Å². The number of aromatic hydroxyl groups is 1. The van der Waals surface area contributed by atoms with E-state index in [1.807, 2.05) is 24.3 Å². The Hall–Kier alpha value is -1.85. The van der Waals surface area contributed by atoms with Gasteiger partial charge in [-0.1, -0.05) is 40.2 Å². The molecule has 5 heteroatoms. The number of hydrogen-bond acceptors (Lipinski definition) is 3. The van der Waals surface area contributed by atoms with Gasteiger partial charge in [0.2, 0.25) is 5.91 Å². The summed E-state index contributed by atoms with van der Waals surface area (Å²) in [4.78, 5) is 12.5. The average Bonchev–Trinajstić information content (AvgIpc) is 2.50. The number of benzene rings is 2. The van der Waals surface area contributed by atoms with E-state index in [-0.39, 0.29) is 17.6 Å². The van der Waals surface area contributed by atoms with Gasteiger partial charge in [-0.15, -0.1) is 0 Å². The van der Waals surface area contributed by atoms with Crippen LogP contribution in [-0.4, -0.2) is 17.6 Å². The quantitative estimate of drug-likeness (QED) is 0.732. The highest BCUT2D eigenvalue weighted by atomic mass is 79.9. The van der Waals surface area contributed by atoms with E-state index in [0.29, 0.717) is 12.2 Å². The second-order valence-electron chi connectivity index (χ2n) is 5.03. The highest BCUT2D eigenvalue weighted by molar-refractivity contribution is 9.10. The standard InChI is InChI=1S/C16H15BrN2O2/c17-11-5-6-15(20)14(7-11)19-16(21)13-9-18-8-10-3-1-2-4-12(10)13/h1-7,13,18,20H,8-9H2,(H,19,21). The summed E-state index contributed by atoms with van der Waals surface area (Å²) in [7, 11) is 0. The summed E-state index contributed by atoms with van der Waals surface area (Å²) >= 11 is 3.33. The first-order valence-corrected chi connectivity index (χ1v) is 7.52.